The van der Waals surface area contributed by atoms with E-state index >= 15 is 0 Å². The molecule has 4 heteroatoms. The lowest BCUT2D eigenvalue weighted by Gasteiger charge is -2.31. The van der Waals surface area contributed by atoms with Crippen LogP contribution >= 0.6 is 11.3 Å². The summed E-state index contributed by atoms with van der Waals surface area (Å²) in [5.41, 5.74) is 14.5. The zero-order valence-corrected chi connectivity index (χ0v) is 36.9. The first-order chi connectivity index (χ1) is 32.7. The average Bonchev–Trinajstić information content (AvgIpc) is 3.93. The summed E-state index contributed by atoms with van der Waals surface area (Å²) < 4.78 is 4.98. The van der Waals surface area contributed by atoms with Crippen LogP contribution in [-0.2, 0) is 6.42 Å². The maximum atomic E-state index is 2.47. The molecule has 0 amide bonds. The number of fused-ring (bicyclic) bond motifs is 9. The Hall–Kier alpha value is -8.18. The van der Waals surface area contributed by atoms with E-state index in [4.69, 9.17) is 0 Å². The second-order valence-electron chi connectivity index (χ2n) is 17.3. The van der Waals surface area contributed by atoms with Crippen molar-refractivity contribution in [3.05, 3.63) is 253 Å². The molecule has 1 unspecified atom stereocenters. The monoisotopic (exact) mass is 861 g/mol. The lowest BCUT2D eigenvalue weighted by molar-refractivity contribution is 0.834. The number of allylic oxidation sites excluding steroid dienone is 1. The van der Waals surface area contributed by atoms with E-state index in [0.717, 1.165) is 40.5 Å². The van der Waals surface area contributed by atoms with E-state index < -0.39 is 0 Å². The molecule has 0 radical (unpaired) electrons. The minimum Gasteiger partial charge on any atom is -0.310 e. The molecule has 0 aliphatic heterocycles. The summed E-state index contributed by atoms with van der Waals surface area (Å²) in [6.07, 6.45) is 5.76. The number of thiophene rings is 1. The van der Waals surface area contributed by atoms with Gasteiger partial charge in [0.25, 0.3) is 0 Å². The third-order valence-corrected chi connectivity index (χ3v) is 14.6. The summed E-state index contributed by atoms with van der Waals surface area (Å²) in [5, 5.41) is 7.66. The molecule has 0 spiro atoms. The summed E-state index contributed by atoms with van der Waals surface area (Å²) in [4.78, 5) is 4.86. The molecule has 312 valence electrons. The Kier molecular flexibility index (Phi) is 9.17. The van der Waals surface area contributed by atoms with E-state index in [9.17, 15) is 0 Å². The van der Waals surface area contributed by atoms with Crippen molar-refractivity contribution in [1.29, 1.82) is 0 Å². The highest BCUT2D eigenvalue weighted by Gasteiger charge is 2.26. The molecular weight excluding hydrogens is 819 g/mol. The number of nitrogens with zero attached hydrogens (tertiary/aromatic N) is 3. The second-order valence-corrected chi connectivity index (χ2v) is 18.3. The van der Waals surface area contributed by atoms with Crippen molar-refractivity contribution in [2.45, 2.75) is 12.3 Å². The highest BCUT2D eigenvalue weighted by molar-refractivity contribution is 7.25. The predicted molar refractivity (Wildman–Crippen MR) is 282 cm³/mol. The van der Waals surface area contributed by atoms with Gasteiger partial charge >= 0.3 is 0 Å². The Balaban J connectivity index is 0.914. The minimum atomic E-state index is 0.240. The minimum absolute atomic E-state index is 0.240. The Bertz CT molecular complexity index is 3760. The van der Waals surface area contributed by atoms with Crippen molar-refractivity contribution in [3.63, 3.8) is 0 Å². The van der Waals surface area contributed by atoms with Crippen LogP contribution in [0.4, 0.5) is 34.1 Å². The van der Waals surface area contributed by atoms with Crippen LogP contribution in [-0.4, -0.2) is 4.57 Å². The van der Waals surface area contributed by atoms with Gasteiger partial charge in [0.1, 0.15) is 0 Å². The fourth-order valence-corrected chi connectivity index (χ4v) is 11.6. The first kappa shape index (κ1) is 38.3. The lowest BCUT2D eigenvalue weighted by Crippen LogP contribution is -2.15. The number of para-hydroxylation sites is 5. The maximum Gasteiger partial charge on any atom is 0.0562 e. The van der Waals surface area contributed by atoms with Crippen molar-refractivity contribution in [3.8, 4) is 5.69 Å². The first-order valence-electron chi connectivity index (χ1n) is 22.8. The maximum absolute atomic E-state index is 2.47. The summed E-state index contributed by atoms with van der Waals surface area (Å²) in [5.74, 6) is 0.240. The van der Waals surface area contributed by atoms with Crippen LogP contribution < -0.4 is 9.80 Å². The molecule has 1 aliphatic rings. The predicted octanol–water partition coefficient (Wildman–Crippen LogP) is 17.6. The lowest BCUT2D eigenvalue weighted by atomic mass is 9.81. The molecule has 2 heterocycles. The third-order valence-electron chi connectivity index (χ3n) is 13.5. The van der Waals surface area contributed by atoms with Gasteiger partial charge in [0.15, 0.2) is 0 Å². The van der Waals surface area contributed by atoms with Crippen molar-refractivity contribution >= 4 is 104 Å². The molecule has 0 N–H and O–H groups in total. The van der Waals surface area contributed by atoms with Gasteiger partial charge in [-0.15, -0.1) is 11.3 Å². The van der Waals surface area contributed by atoms with E-state index in [0.29, 0.717) is 0 Å². The van der Waals surface area contributed by atoms with E-state index in [1.165, 1.54) is 75.1 Å². The van der Waals surface area contributed by atoms with Crippen molar-refractivity contribution < 1.29 is 0 Å². The smallest absolute Gasteiger partial charge is 0.0562 e. The fraction of sp³-hybridized carbons (Fsp3) is 0.0323. The van der Waals surface area contributed by atoms with E-state index in [2.05, 4.69) is 257 Å². The third kappa shape index (κ3) is 6.33. The molecule has 1 atom stereocenters. The van der Waals surface area contributed by atoms with Gasteiger partial charge in [-0.05, 0) is 125 Å². The number of aromatic nitrogens is 1. The van der Waals surface area contributed by atoms with Crippen molar-refractivity contribution in [2.75, 3.05) is 9.80 Å². The van der Waals surface area contributed by atoms with Crippen LogP contribution in [0.15, 0.2) is 237 Å². The molecular formula is C62H43N3S. The normalized spacial score (nSPS) is 13.5. The zero-order chi connectivity index (χ0) is 43.6. The van der Waals surface area contributed by atoms with Gasteiger partial charge < -0.3 is 14.4 Å². The summed E-state index contributed by atoms with van der Waals surface area (Å²) >= 11 is 1.88. The summed E-state index contributed by atoms with van der Waals surface area (Å²) in [6.45, 7) is 0. The Morgan fingerprint density at radius 1 is 0.424 bits per heavy atom. The topological polar surface area (TPSA) is 11.4 Å². The summed E-state index contributed by atoms with van der Waals surface area (Å²) in [6, 6.07) is 84.1. The molecule has 0 saturated carbocycles. The van der Waals surface area contributed by atoms with Crippen LogP contribution in [0.3, 0.4) is 0 Å². The molecule has 13 rings (SSSR count). The SMILES string of the molecule is C1=CC(c2ccc3sc4cc(N(c5ccccc5)c5cccc6c5c5ccccc5n6-c5ccccc5)ccc4c3c2)Cc2c1c(N(c1ccccc1)c1ccccc1)cc1ccccc21. The Morgan fingerprint density at radius 2 is 1.05 bits per heavy atom. The molecule has 0 saturated heterocycles. The number of hydrogen-bond acceptors (Lipinski definition) is 3. The highest BCUT2D eigenvalue weighted by Crippen LogP contribution is 2.48. The van der Waals surface area contributed by atoms with Gasteiger partial charge in [-0.1, -0.05) is 146 Å². The fourth-order valence-electron chi connectivity index (χ4n) is 10.5. The van der Waals surface area contributed by atoms with E-state index in [1.54, 1.807) is 0 Å². The quantitative estimate of drug-likeness (QED) is 0.151. The molecule has 0 fully saturated rings. The number of rotatable bonds is 8. The number of benzene rings is 10. The van der Waals surface area contributed by atoms with Crippen molar-refractivity contribution in [1.82, 2.24) is 4.57 Å². The Labute approximate surface area is 388 Å². The molecule has 2 aromatic heterocycles. The van der Waals surface area contributed by atoms with Gasteiger partial charge in [-0.3, -0.25) is 0 Å². The molecule has 0 bridgehead atoms. The number of hydrogen-bond donors (Lipinski definition) is 0. The molecule has 1 aliphatic carbocycles. The van der Waals surface area contributed by atoms with Gasteiger partial charge in [0.2, 0.25) is 0 Å². The van der Waals surface area contributed by atoms with E-state index in [-0.39, 0.29) is 5.92 Å². The van der Waals surface area contributed by atoms with Crippen LogP contribution in [0.25, 0.3) is 64.5 Å². The number of anilines is 6. The van der Waals surface area contributed by atoms with Gasteiger partial charge in [-0.2, -0.15) is 0 Å². The van der Waals surface area contributed by atoms with Crippen LogP contribution in [0, 0.1) is 0 Å². The first-order valence-corrected chi connectivity index (χ1v) is 23.6. The second kappa shape index (κ2) is 15.8. The van der Waals surface area contributed by atoms with Gasteiger partial charge in [0.05, 0.1) is 22.4 Å². The van der Waals surface area contributed by atoms with Crippen molar-refractivity contribution in [2.24, 2.45) is 0 Å². The largest absolute Gasteiger partial charge is 0.310 e. The average molecular weight is 862 g/mol. The molecule has 66 heavy (non-hydrogen) atoms. The zero-order valence-electron chi connectivity index (χ0n) is 36.1. The summed E-state index contributed by atoms with van der Waals surface area (Å²) in [7, 11) is 0. The highest BCUT2D eigenvalue weighted by atomic mass is 32.1. The standard InChI is InChI=1S/C62H43N3S/c1-5-19-45(20-6-1)63(46-21-7-2-8-22-46)59-40-44-18-13-14-27-50(44)54-38-42(32-35-51(54)59)43-33-37-60-55(39-43)52-36-34-49(41-61(52)66-60)64(47-23-9-3-10-24-47)57-30-17-31-58-62(57)53-28-15-16-29-56(53)65(58)48-25-11-4-12-26-48/h1-37,39-42H,38H2. The Morgan fingerprint density at radius 3 is 1.77 bits per heavy atom. The molecule has 12 aromatic rings. The van der Waals surface area contributed by atoms with Crippen LogP contribution in [0.5, 0.6) is 0 Å². The van der Waals surface area contributed by atoms with E-state index in [1.807, 2.05) is 11.3 Å². The van der Waals surface area contributed by atoms with Crippen LogP contribution in [0.2, 0.25) is 0 Å². The molecule has 10 aromatic carbocycles. The van der Waals surface area contributed by atoms with Crippen LogP contribution in [0.1, 0.15) is 22.6 Å². The van der Waals surface area contributed by atoms with Gasteiger partial charge in [-0.25, -0.2) is 0 Å². The molecule has 3 nitrogen and oxygen atoms in total. The van der Waals surface area contributed by atoms with Gasteiger partial charge in [0, 0.05) is 70.9 Å².